The molecule has 6 heteroatoms. The zero-order valence-corrected chi connectivity index (χ0v) is 15.3. The third kappa shape index (κ3) is 3.10. The highest BCUT2D eigenvalue weighted by Gasteiger charge is 2.30. The second-order valence-corrected chi connectivity index (χ2v) is 7.08. The molecule has 0 spiro atoms. The van der Waals surface area contributed by atoms with Crippen LogP contribution in [0.1, 0.15) is 23.6 Å². The first-order valence-electron chi connectivity index (χ1n) is 9.64. The lowest BCUT2D eigenvalue weighted by Gasteiger charge is -2.29. The maximum Gasteiger partial charge on any atom is 0.227 e. The van der Waals surface area contributed by atoms with Gasteiger partial charge in [-0.2, -0.15) is 4.98 Å². The van der Waals surface area contributed by atoms with Crippen molar-refractivity contribution in [2.45, 2.75) is 18.8 Å². The van der Waals surface area contributed by atoms with Crippen molar-refractivity contribution < 1.29 is 4.74 Å². The molecule has 6 nitrogen and oxygen atoms in total. The minimum absolute atomic E-state index is 0.320. The normalized spacial score (nSPS) is 21.6. The van der Waals surface area contributed by atoms with E-state index < -0.39 is 0 Å². The van der Waals surface area contributed by atoms with Gasteiger partial charge in [-0.25, -0.2) is 4.98 Å². The van der Waals surface area contributed by atoms with Gasteiger partial charge in [0.15, 0.2) is 0 Å². The molecule has 0 aromatic carbocycles. The summed E-state index contributed by atoms with van der Waals surface area (Å²) in [4.78, 5) is 18.9. The molecule has 2 aliphatic heterocycles. The van der Waals surface area contributed by atoms with Crippen molar-refractivity contribution in [1.82, 2.24) is 15.0 Å². The van der Waals surface area contributed by atoms with E-state index in [0.717, 1.165) is 63.1 Å². The Morgan fingerprint density at radius 1 is 1.07 bits per heavy atom. The first-order chi connectivity index (χ1) is 13.4. The van der Waals surface area contributed by atoms with E-state index in [2.05, 4.69) is 45.2 Å². The van der Waals surface area contributed by atoms with Crippen molar-refractivity contribution in [2.75, 3.05) is 42.6 Å². The molecule has 0 radical (unpaired) electrons. The molecule has 1 atom stereocenters. The van der Waals surface area contributed by atoms with E-state index >= 15 is 0 Å². The average Bonchev–Trinajstić information content (AvgIpc) is 3.19. The van der Waals surface area contributed by atoms with E-state index in [4.69, 9.17) is 14.7 Å². The van der Waals surface area contributed by atoms with Gasteiger partial charge in [0.2, 0.25) is 5.95 Å². The van der Waals surface area contributed by atoms with Gasteiger partial charge in [-0.15, -0.1) is 0 Å². The lowest BCUT2D eigenvalue weighted by molar-refractivity contribution is 0.122. The Bertz CT molecular complexity index is 874. The molecule has 1 unspecified atom stereocenters. The predicted octanol–water partition coefficient (Wildman–Crippen LogP) is 3.00. The lowest BCUT2D eigenvalue weighted by atomic mass is 9.93. The third-order valence-electron chi connectivity index (χ3n) is 5.43. The molecule has 0 saturated carbocycles. The van der Waals surface area contributed by atoms with Crippen molar-refractivity contribution in [2.24, 2.45) is 0 Å². The SMILES string of the molecule is C1=CCC(c2nc(N3CCOCC3)nc3c2CCN3c2cccnc2)C=C1. The summed E-state index contributed by atoms with van der Waals surface area (Å²) < 4.78 is 5.51. The summed E-state index contributed by atoms with van der Waals surface area (Å²) in [6, 6.07) is 4.08. The Morgan fingerprint density at radius 2 is 2.00 bits per heavy atom. The van der Waals surface area contributed by atoms with Crippen LogP contribution in [0.2, 0.25) is 0 Å². The van der Waals surface area contributed by atoms with E-state index in [-0.39, 0.29) is 0 Å². The summed E-state index contributed by atoms with van der Waals surface area (Å²) in [5.74, 6) is 2.18. The van der Waals surface area contributed by atoms with Gasteiger partial charge >= 0.3 is 0 Å². The summed E-state index contributed by atoms with van der Waals surface area (Å²) in [5, 5.41) is 0. The van der Waals surface area contributed by atoms with Gasteiger partial charge in [-0.05, 0) is 25.0 Å². The minimum Gasteiger partial charge on any atom is -0.378 e. The maximum absolute atomic E-state index is 5.51. The number of ether oxygens (including phenoxy) is 1. The van der Waals surface area contributed by atoms with Crippen LogP contribution >= 0.6 is 0 Å². The second-order valence-electron chi connectivity index (χ2n) is 7.08. The fourth-order valence-corrected chi connectivity index (χ4v) is 4.03. The number of allylic oxidation sites excluding steroid dienone is 4. The molecule has 0 amide bonds. The van der Waals surface area contributed by atoms with Crippen LogP contribution in [0.25, 0.3) is 0 Å². The molecule has 0 bridgehead atoms. The zero-order valence-electron chi connectivity index (χ0n) is 15.3. The zero-order chi connectivity index (χ0) is 18.1. The van der Waals surface area contributed by atoms with Gasteiger partial charge < -0.3 is 14.5 Å². The average molecular weight is 361 g/mol. The number of morpholine rings is 1. The van der Waals surface area contributed by atoms with E-state index in [1.54, 1.807) is 0 Å². The molecule has 2 aromatic rings. The van der Waals surface area contributed by atoms with E-state index in [9.17, 15) is 0 Å². The lowest BCUT2D eigenvalue weighted by Crippen LogP contribution is -2.37. The molecule has 1 saturated heterocycles. The molecule has 138 valence electrons. The van der Waals surface area contributed by atoms with Gasteiger partial charge in [0, 0.05) is 37.3 Å². The second kappa shape index (κ2) is 7.12. The fourth-order valence-electron chi connectivity index (χ4n) is 4.03. The number of pyridine rings is 1. The van der Waals surface area contributed by atoms with Crippen LogP contribution in [-0.2, 0) is 11.2 Å². The number of hydrogen-bond donors (Lipinski definition) is 0. The smallest absolute Gasteiger partial charge is 0.227 e. The van der Waals surface area contributed by atoms with Gasteiger partial charge in [-0.1, -0.05) is 24.3 Å². The molecule has 1 fully saturated rings. The Morgan fingerprint density at radius 3 is 2.78 bits per heavy atom. The van der Waals surface area contributed by atoms with E-state index in [1.165, 1.54) is 11.3 Å². The van der Waals surface area contributed by atoms with Crippen LogP contribution in [0.5, 0.6) is 0 Å². The van der Waals surface area contributed by atoms with Crippen molar-refractivity contribution in [3.05, 3.63) is 60.1 Å². The molecule has 1 aliphatic carbocycles. The molecular formula is C21H23N5O. The number of nitrogens with zero attached hydrogens (tertiary/aromatic N) is 5. The van der Waals surface area contributed by atoms with Crippen LogP contribution in [0, 0.1) is 0 Å². The largest absolute Gasteiger partial charge is 0.378 e. The van der Waals surface area contributed by atoms with Crippen LogP contribution in [0.4, 0.5) is 17.5 Å². The molecule has 3 aliphatic rings. The number of anilines is 3. The number of rotatable bonds is 3. The van der Waals surface area contributed by atoms with Gasteiger partial charge in [0.25, 0.3) is 0 Å². The monoisotopic (exact) mass is 361 g/mol. The summed E-state index contributed by atoms with van der Waals surface area (Å²) in [6.07, 6.45) is 14.4. The third-order valence-corrected chi connectivity index (χ3v) is 5.43. The fraction of sp³-hybridized carbons (Fsp3) is 0.381. The quantitative estimate of drug-likeness (QED) is 0.838. The number of hydrogen-bond acceptors (Lipinski definition) is 6. The minimum atomic E-state index is 0.320. The standard InChI is InChI=1S/C21H23N5O/c1-2-5-16(6-3-1)19-18-8-10-26(17-7-4-9-22-15-17)20(18)24-21(23-19)25-11-13-27-14-12-25/h1-5,7,9,15-16H,6,8,10-14H2. The van der Waals surface area contributed by atoms with Gasteiger partial charge in [-0.3, -0.25) is 4.98 Å². The molecular weight excluding hydrogens is 338 g/mol. The highest BCUT2D eigenvalue weighted by molar-refractivity contribution is 5.68. The Labute approximate surface area is 159 Å². The highest BCUT2D eigenvalue weighted by atomic mass is 16.5. The number of fused-ring (bicyclic) bond motifs is 1. The van der Waals surface area contributed by atoms with Gasteiger partial charge in [0.1, 0.15) is 5.82 Å². The summed E-state index contributed by atoms with van der Waals surface area (Å²) >= 11 is 0. The van der Waals surface area contributed by atoms with Crippen LogP contribution in [0.3, 0.4) is 0 Å². The first-order valence-corrected chi connectivity index (χ1v) is 9.64. The van der Waals surface area contributed by atoms with Crippen LogP contribution in [0.15, 0.2) is 48.8 Å². The Hall–Kier alpha value is -2.73. The van der Waals surface area contributed by atoms with Crippen LogP contribution in [-0.4, -0.2) is 47.8 Å². The van der Waals surface area contributed by atoms with Crippen molar-refractivity contribution in [3.8, 4) is 0 Å². The highest BCUT2D eigenvalue weighted by Crippen LogP contribution is 2.39. The van der Waals surface area contributed by atoms with E-state index in [1.807, 2.05) is 18.5 Å². The molecule has 2 aromatic heterocycles. The summed E-state index contributed by atoms with van der Waals surface area (Å²) in [7, 11) is 0. The van der Waals surface area contributed by atoms with Crippen molar-refractivity contribution >= 4 is 17.5 Å². The Kier molecular flexibility index (Phi) is 4.33. The Balaban J connectivity index is 1.60. The molecule has 4 heterocycles. The topological polar surface area (TPSA) is 54.4 Å². The molecule has 5 rings (SSSR count). The van der Waals surface area contributed by atoms with E-state index in [0.29, 0.717) is 5.92 Å². The van der Waals surface area contributed by atoms with Crippen molar-refractivity contribution in [1.29, 1.82) is 0 Å². The van der Waals surface area contributed by atoms with Crippen molar-refractivity contribution in [3.63, 3.8) is 0 Å². The number of aromatic nitrogens is 3. The first kappa shape index (κ1) is 16.4. The summed E-state index contributed by atoms with van der Waals surface area (Å²) in [5.41, 5.74) is 3.54. The molecule has 27 heavy (non-hydrogen) atoms. The van der Waals surface area contributed by atoms with Crippen LogP contribution < -0.4 is 9.80 Å². The predicted molar refractivity (Wildman–Crippen MR) is 106 cm³/mol. The van der Waals surface area contributed by atoms with Gasteiger partial charge in [0.05, 0.1) is 30.8 Å². The maximum atomic E-state index is 5.51. The summed E-state index contributed by atoms with van der Waals surface area (Å²) in [6.45, 7) is 4.06. The molecule has 0 N–H and O–H groups in total.